The van der Waals surface area contributed by atoms with E-state index in [4.69, 9.17) is 4.42 Å². The molecule has 3 nitrogen and oxygen atoms in total. The first-order valence-corrected chi connectivity index (χ1v) is 8.95. The van der Waals surface area contributed by atoms with Crippen LogP contribution in [0, 0.1) is 13.8 Å². The first-order chi connectivity index (χ1) is 12.0. The van der Waals surface area contributed by atoms with Gasteiger partial charge in [-0.05, 0) is 43.9 Å². The molecule has 1 aromatic heterocycles. The van der Waals surface area contributed by atoms with Gasteiger partial charge in [-0.25, -0.2) is 4.79 Å². The van der Waals surface area contributed by atoms with Crippen LogP contribution >= 0.6 is 0 Å². The van der Waals surface area contributed by atoms with E-state index in [0.717, 1.165) is 47.0 Å². The van der Waals surface area contributed by atoms with E-state index >= 15 is 0 Å². The summed E-state index contributed by atoms with van der Waals surface area (Å²) in [5, 5.41) is 3.36. The Bertz CT molecular complexity index is 912. The Hall–Kier alpha value is -2.39. The summed E-state index contributed by atoms with van der Waals surface area (Å²) in [5.41, 5.74) is 5.09. The van der Waals surface area contributed by atoms with Crippen LogP contribution in [0.5, 0.6) is 0 Å². The lowest BCUT2D eigenvalue weighted by Crippen LogP contribution is -2.87. The van der Waals surface area contributed by atoms with Crippen molar-refractivity contribution in [3.8, 4) is 0 Å². The molecule has 0 unspecified atom stereocenters. The largest absolute Gasteiger partial charge is 0.422 e. The van der Waals surface area contributed by atoms with Gasteiger partial charge < -0.3 is 9.73 Å². The number of quaternary nitrogens is 1. The predicted molar refractivity (Wildman–Crippen MR) is 102 cm³/mol. The van der Waals surface area contributed by atoms with E-state index in [1.54, 1.807) is 6.07 Å². The van der Waals surface area contributed by atoms with Crippen LogP contribution < -0.4 is 10.9 Å². The number of hydrogen-bond donors (Lipinski definition) is 1. The van der Waals surface area contributed by atoms with E-state index in [-0.39, 0.29) is 5.63 Å². The van der Waals surface area contributed by atoms with Gasteiger partial charge >= 0.3 is 5.63 Å². The van der Waals surface area contributed by atoms with E-state index in [1.807, 2.05) is 13.8 Å². The zero-order chi connectivity index (χ0) is 17.8. The molecule has 0 aliphatic rings. The third-order valence-corrected chi connectivity index (χ3v) is 4.99. The molecular formula is C22H26NO2+. The minimum atomic E-state index is -0.262. The molecule has 0 spiro atoms. The number of benzene rings is 2. The number of nitrogens with two attached hydrogens (primary N) is 1. The third kappa shape index (κ3) is 4.18. The van der Waals surface area contributed by atoms with Crippen molar-refractivity contribution < 1.29 is 9.73 Å². The zero-order valence-electron chi connectivity index (χ0n) is 15.2. The summed E-state index contributed by atoms with van der Waals surface area (Å²) in [4.78, 5) is 11.9. The molecule has 25 heavy (non-hydrogen) atoms. The summed E-state index contributed by atoms with van der Waals surface area (Å²) >= 11 is 0. The molecule has 1 heterocycles. The first kappa shape index (κ1) is 17.4. The highest BCUT2D eigenvalue weighted by Gasteiger charge is 2.12. The lowest BCUT2D eigenvalue weighted by molar-refractivity contribution is -0.701. The van der Waals surface area contributed by atoms with Gasteiger partial charge in [0.2, 0.25) is 0 Å². The maximum atomic E-state index is 11.9. The lowest BCUT2D eigenvalue weighted by atomic mass is 10.0. The Kier molecular flexibility index (Phi) is 5.34. The fraction of sp³-hybridized carbons (Fsp3) is 0.318. The molecule has 0 bridgehead atoms. The fourth-order valence-electron chi connectivity index (χ4n) is 3.18. The van der Waals surface area contributed by atoms with Crippen molar-refractivity contribution >= 4 is 11.0 Å². The van der Waals surface area contributed by atoms with E-state index in [9.17, 15) is 4.79 Å². The second-order valence-corrected chi connectivity index (χ2v) is 6.92. The van der Waals surface area contributed by atoms with Gasteiger partial charge in [0.15, 0.2) is 0 Å². The Balaban J connectivity index is 1.70. The molecule has 0 saturated carbocycles. The van der Waals surface area contributed by atoms with Crippen molar-refractivity contribution in [2.75, 3.05) is 0 Å². The molecule has 0 fully saturated rings. The molecular weight excluding hydrogens is 310 g/mol. The molecule has 130 valence electrons. The standard InChI is InChI=1S/C22H25NO2/c1-15-9-12-20-19(13-21(24)25-22(20)17(15)3)14-23-16(2)10-11-18-7-5-4-6-8-18/h4-9,12-13,16,23H,10-11,14H2,1-3H3/p+1/t16-/m1/s1. The van der Waals surface area contributed by atoms with Gasteiger partial charge in [0.05, 0.1) is 6.04 Å². The van der Waals surface area contributed by atoms with Crippen LogP contribution in [-0.2, 0) is 13.0 Å². The average Bonchev–Trinajstić information content (AvgIpc) is 2.62. The highest BCUT2D eigenvalue weighted by Crippen LogP contribution is 2.22. The lowest BCUT2D eigenvalue weighted by Gasteiger charge is -2.12. The van der Waals surface area contributed by atoms with E-state index in [2.05, 4.69) is 54.7 Å². The van der Waals surface area contributed by atoms with Crippen molar-refractivity contribution in [1.29, 1.82) is 0 Å². The monoisotopic (exact) mass is 336 g/mol. The number of hydrogen-bond acceptors (Lipinski definition) is 2. The van der Waals surface area contributed by atoms with Crippen LogP contribution in [-0.4, -0.2) is 6.04 Å². The smallest absolute Gasteiger partial charge is 0.336 e. The van der Waals surface area contributed by atoms with Crippen LogP contribution in [0.1, 0.15) is 35.6 Å². The van der Waals surface area contributed by atoms with Crippen molar-refractivity contribution in [3.63, 3.8) is 0 Å². The van der Waals surface area contributed by atoms with E-state index < -0.39 is 0 Å². The molecule has 0 aliphatic carbocycles. The highest BCUT2D eigenvalue weighted by molar-refractivity contribution is 5.83. The van der Waals surface area contributed by atoms with Crippen LogP contribution in [0.4, 0.5) is 0 Å². The first-order valence-electron chi connectivity index (χ1n) is 8.95. The van der Waals surface area contributed by atoms with Crippen LogP contribution in [0.3, 0.4) is 0 Å². The minimum absolute atomic E-state index is 0.262. The molecule has 3 aromatic rings. The summed E-state index contributed by atoms with van der Waals surface area (Å²) in [6, 6.07) is 16.9. The van der Waals surface area contributed by atoms with Crippen molar-refractivity contribution in [3.05, 3.63) is 81.2 Å². The highest BCUT2D eigenvalue weighted by atomic mass is 16.4. The normalized spacial score (nSPS) is 12.4. The number of rotatable bonds is 6. The molecule has 0 radical (unpaired) electrons. The predicted octanol–water partition coefficient (Wildman–Crippen LogP) is 3.49. The molecule has 0 saturated heterocycles. The van der Waals surface area contributed by atoms with Gasteiger partial charge in [-0.2, -0.15) is 0 Å². The van der Waals surface area contributed by atoms with Crippen molar-refractivity contribution in [2.45, 2.75) is 46.2 Å². The van der Waals surface area contributed by atoms with Crippen molar-refractivity contribution in [1.82, 2.24) is 0 Å². The zero-order valence-corrected chi connectivity index (χ0v) is 15.2. The molecule has 2 N–H and O–H groups in total. The van der Waals surface area contributed by atoms with Crippen LogP contribution in [0.15, 0.2) is 57.7 Å². The van der Waals surface area contributed by atoms with Gasteiger partial charge in [-0.15, -0.1) is 0 Å². The second kappa shape index (κ2) is 7.66. The second-order valence-electron chi connectivity index (χ2n) is 6.92. The van der Waals surface area contributed by atoms with Crippen LogP contribution in [0.25, 0.3) is 11.0 Å². The van der Waals surface area contributed by atoms with E-state index in [1.165, 1.54) is 5.56 Å². The molecule has 0 amide bonds. The summed E-state index contributed by atoms with van der Waals surface area (Å²) in [7, 11) is 0. The van der Waals surface area contributed by atoms with E-state index in [0.29, 0.717) is 6.04 Å². The maximum Gasteiger partial charge on any atom is 0.336 e. The Morgan fingerprint density at radius 1 is 1.08 bits per heavy atom. The Morgan fingerprint density at radius 3 is 2.60 bits per heavy atom. The summed E-state index contributed by atoms with van der Waals surface area (Å²) in [6.07, 6.45) is 2.19. The molecule has 3 rings (SSSR count). The summed E-state index contributed by atoms with van der Waals surface area (Å²) in [6.45, 7) is 7.09. The number of aryl methyl sites for hydroxylation is 3. The summed E-state index contributed by atoms with van der Waals surface area (Å²) < 4.78 is 5.46. The number of fused-ring (bicyclic) bond motifs is 1. The van der Waals surface area contributed by atoms with Gasteiger partial charge in [0, 0.05) is 23.4 Å². The van der Waals surface area contributed by atoms with Crippen LogP contribution in [0.2, 0.25) is 0 Å². The van der Waals surface area contributed by atoms with Gasteiger partial charge in [0.1, 0.15) is 12.1 Å². The Morgan fingerprint density at radius 2 is 1.84 bits per heavy atom. The molecule has 0 aliphatic heterocycles. The molecule has 1 atom stereocenters. The van der Waals surface area contributed by atoms with Crippen molar-refractivity contribution in [2.24, 2.45) is 0 Å². The fourth-order valence-corrected chi connectivity index (χ4v) is 3.18. The minimum Gasteiger partial charge on any atom is -0.422 e. The SMILES string of the molecule is Cc1ccc2c(C[NH2+][C@H](C)CCc3ccccc3)cc(=O)oc2c1C. The average molecular weight is 336 g/mol. The molecule has 2 aromatic carbocycles. The topological polar surface area (TPSA) is 46.8 Å². The van der Waals surface area contributed by atoms with Gasteiger partial charge in [0.25, 0.3) is 0 Å². The third-order valence-electron chi connectivity index (χ3n) is 4.99. The van der Waals surface area contributed by atoms with Gasteiger partial charge in [-0.3, -0.25) is 0 Å². The maximum absolute atomic E-state index is 11.9. The Labute approximate surface area is 148 Å². The molecule has 3 heteroatoms. The van der Waals surface area contributed by atoms with Gasteiger partial charge in [-0.1, -0.05) is 42.5 Å². The quantitative estimate of drug-likeness (QED) is 0.700. The summed E-state index contributed by atoms with van der Waals surface area (Å²) in [5.74, 6) is 0.